The highest BCUT2D eigenvalue weighted by atomic mass is 16.6. The van der Waals surface area contributed by atoms with Crippen molar-refractivity contribution in [2.75, 3.05) is 7.11 Å². The average molecular weight is 386 g/mol. The first-order valence-electron chi connectivity index (χ1n) is 10.3. The third kappa shape index (κ3) is 2.66. The molecule has 2 aliphatic carbocycles. The van der Waals surface area contributed by atoms with Gasteiger partial charge in [0, 0.05) is 24.9 Å². The van der Waals surface area contributed by atoms with Crippen molar-refractivity contribution in [3.05, 3.63) is 35.5 Å². The summed E-state index contributed by atoms with van der Waals surface area (Å²) in [5.41, 5.74) is 1.12. The molecule has 2 heterocycles. The molecule has 5 nitrogen and oxygen atoms in total. The summed E-state index contributed by atoms with van der Waals surface area (Å²) in [5, 5.41) is 0. The summed E-state index contributed by atoms with van der Waals surface area (Å²) >= 11 is 0. The Morgan fingerprint density at radius 1 is 1.21 bits per heavy atom. The van der Waals surface area contributed by atoms with Crippen LogP contribution in [0.4, 0.5) is 0 Å². The molecule has 28 heavy (non-hydrogen) atoms. The zero-order valence-electron chi connectivity index (χ0n) is 17.3. The molecule has 1 saturated heterocycles. The predicted octanol–water partition coefficient (Wildman–Crippen LogP) is 3.39. The second-order valence-electron chi connectivity index (χ2n) is 8.69. The zero-order valence-corrected chi connectivity index (χ0v) is 17.3. The van der Waals surface area contributed by atoms with Crippen LogP contribution in [0, 0.1) is 23.7 Å². The number of hydrogen-bond donors (Lipinski definition) is 0. The molecular formula is C23H30O5. The van der Waals surface area contributed by atoms with E-state index in [1.165, 1.54) is 7.11 Å². The Bertz CT molecular complexity index is 778. The topological polar surface area (TPSA) is 61.8 Å². The Kier molecular flexibility index (Phi) is 4.87. The quantitative estimate of drug-likeness (QED) is 0.538. The van der Waals surface area contributed by atoms with Crippen LogP contribution in [-0.4, -0.2) is 42.8 Å². The summed E-state index contributed by atoms with van der Waals surface area (Å²) in [6.07, 6.45) is 8.52. The van der Waals surface area contributed by atoms with Crippen molar-refractivity contribution in [2.24, 2.45) is 23.7 Å². The first kappa shape index (κ1) is 19.6. The fourth-order valence-corrected chi connectivity index (χ4v) is 5.71. The second-order valence-corrected chi connectivity index (χ2v) is 8.69. The van der Waals surface area contributed by atoms with Gasteiger partial charge in [0.25, 0.3) is 0 Å². The van der Waals surface area contributed by atoms with Crippen molar-refractivity contribution in [1.29, 1.82) is 0 Å². The van der Waals surface area contributed by atoms with Gasteiger partial charge in [-0.05, 0) is 43.9 Å². The van der Waals surface area contributed by atoms with E-state index in [2.05, 4.69) is 32.1 Å². The molecule has 0 aromatic carbocycles. The fraction of sp³-hybridized carbons (Fsp3) is 0.652. The van der Waals surface area contributed by atoms with Gasteiger partial charge in [0.15, 0.2) is 11.9 Å². The summed E-state index contributed by atoms with van der Waals surface area (Å²) in [6.45, 7) is 8.02. The number of methoxy groups -OCH3 is 1. The molecule has 1 fully saturated rings. The molecule has 4 aliphatic rings. The second kappa shape index (κ2) is 6.96. The van der Waals surface area contributed by atoms with Gasteiger partial charge in [0.2, 0.25) is 0 Å². The Morgan fingerprint density at radius 2 is 1.96 bits per heavy atom. The highest BCUT2D eigenvalue weighted by Gasteiger charge is 2.64. The number of ether oxygens (including phenoxy) is 3. The molecule has 0 unspecified atom stereocenters. The summed E-state index contributed by atoms with van der Waals surface area (Å²) < 4.78 is 18.0. The summed E-state index contributed by atoms with van der Waals surface area (Å²) in [5.74, 6) is -0.452. The van der Waals surface area contributed by atoms with Crippen LogP contribution < -0.4 is 0 Å². The highest BCUT2D eigenvalue weighted by Crippen LogP contribution is 2.58. The van der Waals surface area contributed by atoms with Crippen LogP contribution in [0.2, 0.25) is 0 Å². The lowest BCUT2D eigenvalue weighted by molar-refractivity contribution is -0.165. The minimum Gasteiger partial charge on any atom is -0.460 e. The molecule has 4 rings (SSSR count). The van der Waals surface area contributed by atoms with Gasteiger partial charge in [-0.25, -0.2) is 4.79 Å². The van der Waals surface area contributed by atoms with Crippen LogP contribution in [0.3, 0.4) is 0 Å². The van der Waals surface area contributed by atoms with Gasteiger partial charge in [-0.1, -0.05) is 32.1 Å². The minimum atomic E-state index is -0.726. The number of cyclic esters (lactones) is 1. The van der Waals surface area contributed by atoms with Crippen molar-refractivity contribution in [2.45, 2.75) is 64.4 Å². The van der Waals surface area contributed by atoms with Crippen molar-refractivity contribution in [3.8, 4) is 0 Å². The molecule has 152 valence electrons. The lowest BCUT2D eigenvalue weighted by Gasteiger charge is -2.45. The maximum absolute atomic E-state index is 13.2. The van der Waals surface area contributed by atoms with Gasteiger partial charge < -0.3 is 14.2 Å². The van der Waals surface area contributed by atoms with Crippen molar-refractivity contribution in [1.82, 2.24) is 0 Å². The summed E-state index contributed by atoms with van der Waals surface area (Å²) in [7, 11) is 1.54. The number of carbonyl (C=O) groups is 2. The largest absolute Gasteiger partial charge is 0.460 e. The molecule has 0 saturated carbocycles. The van der Waals surface area contributed by atoms with E-state index < -0.39 is 11.7 Å². The molecule has 0 aromatic rings. The molecule has 4 bridgehead atoms. The van der Waals surface area contributed by atoms with E-state index in [9.17, 15) is 9.59 Å². The van der Waals surface area contributed by atoms with E-state index in [0.29, 0.717) is 6.42 Å². The van der Waals surface area contributed by atoms with E-state index in [4.69, 9.17) is 14.2 Å². The Morgan fingerprint density at radius 3 is 2.64 bits per heavy atom. The lowest BCUT2D eigenvalue weighted by atomic mass is 9.60. The molecule has 0 amide bonds. The van der Waals surface area contributed by atoms with Crippen LogP contribution in [0.5, 0.6) is 0 Å². The molecule has 0 N–H and O–H groups in total. The van der Waals surface area contributed by atoms with Crippen LogP contribution >= 0.6 is 0 Å². The van der Waals surface area contributed by atoms with Gasteiger partial charge in [-0.3, -0.25) is 4.79 Å². The predicted molar refractivity (Wildman–Crippen MR) is 104 cm³/mol. The summed E-state index contributed by atoms with van der Waals surface area (Å²) in [4.78, 5) is 26.0. The number of Topliss-reactive ketones (excluding diaryl/α,β-unsaturated/α-hetero) is 1. The Balaban J connectivity index is 1.86. The van der Waals surface area contributed by atoms with E-state index in [-0.39, 0.29) is 47.6 Å². The SMILES string of the molecule is CC[C@H]1OC(=O)[C@@H](OC)C[C@H]2C=C[C@H]3[C@@H]4C=C(C)C(=O)[C@H]3[C@]2(O4)/C(C)=C\[C@H]1C. The Hall–Kier alpha value is -1.72. The van der Waals surface area contributed by atoms with Gasteiger partial charge in [0.05, 0.1) is 12.0 Å². The van der Waals surface area contributed by atoms with E-state index >= 15 is 0 Å². The molecule has 8 atom stereocenters. The summed E-state index contributed by atoms with van der Waals surface area (Å²) in [6, 6.07) is 0. The highest BCUT2D eigenvalue weighted by molar-refractivity contribution is 6.00. The van der Waals surface area contributed by atoms with E-state index in [1.807, 2.05) is 19.9 Å². The fourth-order valence-electron chi connectivity index (χ4n) is 5.71. The smallest absolute Gasteiger partial charge is 0.335 e. The zero-order chi connectivity index (χ0) is 20.2. The lowest BCUT2D eigenvalue weighted by Crippen LogP contribution is -2.52. The van der Waals surface area contributed by atoms with Crippen molar-refractivity contribution in [3.63, 3.8) is 0 Å². The molecule has 0 radical (unpaired) electrons. The number of rotatable bonds is 2. The number of hydrogen-bond acceptors (Lipinski definition) is 5. The third-order valence-corrected chi connectivity index (χ3v) is 7.16. The number of carbonyl (C=O) groups excluding carboxylic acids is 2. The average Bonchev–Trinajstić information content (AvgIpc) is 2.82. The van der Waals surface area contributed by atoms with Gasteiger partial charge in [-0.2, -0.15) is 0 Å². The van der Waals surface area contributed by atoms with Crippen molar-refractivity contribution >= 4 is 11.8 Å². The standard InChI is InChI=1S/C23H30O5/c1-6-17-12(2)9-14(4)23-15(11-19(26-5)22(25)27-17)7-8-16-18(28-23)10-13(3)21(24)20(16)23/h7-10,12,15-20H,6,11H2,1-5H3/b14-9-/t12-,15-,16+,17-,18+,19+,20+,23+/m1/s1. The monoisotopic (exact) mass is 386 g/mol. The van der Waals surface area contributed by atoms with E-state index in [0.717, 1.165) is 17.6 Å². The Labute approximate surface area is 166 Å². The number of ketones is 1. The minimum absolute atomic E-state index is 0.0251. The molecule has 5 heteroatoms. The van der Waals surface area contributed by atoms with Crippen LogP contribution in [-0.2, 0) is 23.8 Å². The molecule has 2 aliphatic heterocycles. The van der Waals surface area contributed by atoms with Crippen LogP contribution in [0.15, 0.2) is 35.5 Å². The first-order valence-corrected chi connectivity index (χ1v) is 10.3. The first-order chi connectivity index (χ1) is 13.3. The van der Waals surface area contributed by atoms with Crippen LogP contribution in [0.1, 0.15) is 40.5 Å². The maximum atomic E-state index is 13.2. The number of allylic oxidation sites excluding steroid dienone is 1. The molecular weight excluding hydrogens is 356 g/mol. The van der Waals surface area contributed by atoms with Gasteiger partial charge >= 0.3 is 5.97 Å². The number of esters is 1. The van der Waals surface area contributed by atoms with E-state index in [1.54, 1.807) is 0 Å². The van der Waals surface area contributed by atoms with Gasteiger partial charge in [0.1, 0.15) is 11.7 Å². The van der Waals surface area contributed by atoms with Gasteiger partial charge in [-0.15, -0.1) is 0 Å². The normalized spacial score (nSPS) is 47.0. The van der Waals surface area contributed by atoms with Crippen molar-refractivity contribution < 1.29 is 23.8 Å². The third-order valence-electron chi connectivity index (χ3n) is 7.16. The van der Waals surface area contributed by atoms with Crippen LogP contribution in [0.25, 0.3) is 0 Å². The maximum Gasteiger partial charge on any atom is 0.335 e. The molecule has 1 spiro atoms. The molecule has 0 aromatic heterocycles.